The van der Waals surface area contributed by atoms with Crippen molar-refractivity contribution in [3.05, 3.63) is 0 Å². The lowest BCUT2D eigenvalue weighted by atomic mass is 10.0. The van der Waals surface area contributed by atoms with E-state index < -0.39 is 6.10 Å². The molecule has 4 heteroatoms. The molecule has 1 saturated heterocycles. The van der Waals surface area contributed by atoms with Crippen molar-refractivity contribution in [1.82, 2.24) is 0 Å². The summed E-state index contributed by atoms with van der Waals surface area (Å²) in [7, 11) is 0. The molecule has 0 aromatic carbocycles. The van der Waals surface area contributed by atoms with Gasteiger partial charge < -0.3 is 9.47 Å². The highest BCUT2D eigenvalue weighted by atomic mass is 16.6. The van der Waals surface area contributed by atoms with Crippen LogP contribution in [0, 0.1) is 5.92 Å². The van der Waals surface area contributed by atoms with Crippen molar-refractivity contribution in [3.8, 4) is 0 Å². The Balaban J connectivity index is 1.95. The normalized spacial score (nSPS) is 35.8. The zero-order valence-corrected chi connectivity index (χ0v) is 8.19. The summed E-state index contributed by atoms with van der Waals surface area (Å²) in [5.74, 6) is 0.0633. The maximum atomic E-state index is 11.3. The Morgan fingerprint density at radius 1 is 1.64 bits per heavy atom. The molecule has 0 spiro atoms. The third kappa shape index (κ3) is 1.54. The van der Waals surface area contributed by atoms with Crippen molar-refractivity contribution >= 4 is 11.8 Å². The number of ketones is 1. The van der Waals surface area contributed by atoms with Crippen LogP contribution in [-0.2, 0) is 19.1 Å². The topological polar surface area (TPSA) is 52.6 Å². The molecule has 3 unspecified atom stereocenters. The first-order valence-electron chi connectivity index (χ1n) is 5.07. The smallest absolute Gasteiger partial charge is 0.335 e. The highest BCUT2D eigenvalue weighted by Crippen LogP contribution is 2.37. The molecule has 3 atom stereocenters. The summed E-state index contributed by atoms with van der Waals surface area (Å²) in [5.41, 5.74) is 0. The van der Waals surface area contributed by atoms with Crippen molar-refractivity contribution in [3.63, 3.8) is 0 Å². The predicted molar refractivity (Wildman–Crippen MR) is 47.6 cm³/mol. The largest absolute Gasteiger partial charge is 0.464 e. The van der Waals surface area contributed by atoms with Crippen LogP contribution in [-0.4, -0.2) is 30.6 Å². The second kappa shape index (κ2) is 3.69. The first-order chi connectivity index (χ1) is 6.72. The molecule has 0 aromatic heterocycles. The Morgan fingerprint density at radius 3 is 3.07 bits per heavy atom. The van der Waals surface area contributed by atoms with E-state index in [1.165, 1.54) is 0 Å². The highest BCUT2D eigenvalue weighted by Gasteiger charge is 2.46. The van der Waals surface area contributed by atoms with Gasteiger partial charge in [0.05, 0.1) is 6.61 Å². The summed E-state index contributed by atoms with van der Waals surface area (Å²) in [4.78, 5) is 22.6. The molecule has 2 aliphatic rings. The zero-order valence-electron chi connectivity index (χ0n) is 8.19. The lowest BCUT2D eigenvalue weighted by molar-refractivity contribution is -0.156. The molecular formula is C10H14O4. The molecule has 1 heterocycles. The molecule has 1 aliphatic heterocycles. The van der Waals surface area contributed by atoms with E-state index in [1.807, 2.05) is 0 Å². The number of carbonyl (C=O) groups is 2. The number of esters is 1. The van der Waals surface area contributed by atoms with Gasteiger partial charge in [0, 0.05) is 6.42 Å². The maximum absolute atomic E-state index is 11.3. The number of Topliss-reactive ketones (excluding diaryl/α,β-unsaturated/α-hetero) is 1. The van der Waals surface area contributed by atoms with Crippen molar-refractivity contribution in [2.75, 3.05) is 6.61 Å². The molecular weight excluding hydrogens is 184 g/mol. The minimum atomic E-state index is -0.505. The second-order valence-electron chi connectivity index (χ2n) is 3.80. The lowest BCUT2D eigenvalue weighted by Gasteiger charge is -2.09. The van der Waals surface area contributed by atoms with E-state index in [-0.39, 0.29) is 23.8 Å². The number of hydrogen-bond acceptors (Lipinski definition) is 4. The van der Waals surface area contributed by atoms with Crippen LogP contribution in [0.5, 0.6) is 0 Å². The van der Waals surface area contributed by atoms with Gasteiger partial charge in [-0.05, 0) is 25.7 Å². The summed E-state index contributed by atoms with van der Waals surface area (Å²) < 4.78 is 10.2. The van der Waals surface area contributed by atoms with Gasteiger partial charge in [0.2, 0.25) is 0 Å². The van der Waals surface area contributed by atoms with Crippen LogP contribution in [0.4, 0.5) is 0 Å². The predicted octanol–water partition coefficient (Wildman–Crippen LogP) is 0.686. The molecule has 0 amide bonds. The van der Waals surface area contributed by atoms with E-state index >= 15 is 0 Å². The average molecular weight is 198 g/mol. The van der Waals surface area contributed by atoms with Crippen molar-refractivity contribution < 1.29 is 19.1 Å². The molecule has 0 radical (unpaired) electrons. The van der Waals surface area contributed by atoms with Gasteiger partial charge in [0.25, 0.3) is 0 Å². The molecule has 1 aliphatic carbocycles. The van der Waals surface area contributed by atoms with E-state index in [2.05, 4.69) is 0 Å². The van der Waals surface area contributed by atoms with Crippen LogP contribution in [0.15, 0.2) is 0 Å². The highest BCUT2D eigenvalue weighted by molar-refractivity contribution is 5.87. The van der Waals surface area contributed by atoms with E-state index in [1.54, 1.807) is 6.92 Å². The van der Waals surface area contributed by atoms with Crippen molar-refractivity contribution in [2.45, 2.75) is 38.4 Å². The lowest BCUT2D eigenvalue weighted by Crippen LogP contribution is -2.26. The first kappa shape index (κ1) is 9.65. The fraction of sp³-hybridized carbons (Fsp3) is 0.800. The third-order valence-corrected chi connectivity index (χ3v) is 2.88. The van der Waals surface area contributed by atoms with Gasteiger partial charge in [-0.2, -0.15) is 0 Å². The Morgan fingerprint density at radius 2 is 2.43 bits per heavy atom. The molecule has 0 bridgehead atoms. The Hall–Kier alpha value is -0.900. The molecule has 78 valence electrons. The van der Waals surface area contributed by atoms with Gasteiger partial charge in [-0.15, -0.1) is 0 Å². The molecule has 4 nitrogen and oxygen atoms in total. The molecule has 1 saturated carbocycles. The summed E-state index contributed by atoms with van der Waals surface area (Å²) in [6, 6.07) is 0. The van der Waals surface area contributed by atoms with Crippen LogP contribution in [0.2, 0.25) is 0 Å². The Labute approximate surface area is 82.6 Å². The van der Waals surface area contributed by atoms with Gasteiger partial charge in [-0.3, -0.25) is 4.79 Å². The van der Waals surface area contributed by atoms with Crippen LogP contribution < -0.4 is 0 Å². The SMILES string of the molecule is CCOC(=O)C1CC2CCC(=O)C2O1. The maximum Gasteiger partial charge on any atom is 0.335 e. The van der Waals surface area contributed by atoms with E-state index in [4.69, 9.17) is 9.47 Å². The summed E-state index contributed by atoms with van der Waals surface area (Å²) >= 11 is 0. The number of hydrogen-bond donors (Lipinski definition) is 0. The minimum absolute atomic E-state index is 0.141. The fourth-order valence-electron chi connectivity index (χ4n) is 2.21. The summed E-state index contributed by atoms with van der Waals surface area (Å²) in [6.45, 7) is 2.13. The molecule has 0 N–H and O–H groups in total. The van der Waals surface area contributed by atoms with Gasteiger partial charge in [0.1, 0.15) is 6.10 Å². The monoisotopic (exact) mass is 198 g/mol. The summed E-state index contributed by atoms with van der Waals surface area (Å²) in [5, 5.41) is 0. The van der Waals surface area contributed by atoms with E-state index in [0.29, 0.717) is 19.4 Å². The quantitative estimate of drug-likeness (QED) is 0.612. The van der Waals surface area contributed by atoms with Gasteiger partial charge in [-0.25, -0.2) is 4.79 Å². The van der Waals surface area contributed by atoms with E-state index in [9.17, 15) is 9.59 Å². The van der Waals surface area contributed by atoms with Crippen molar-refractivity contribution in [1.29, 1.82) is 0 Å². The van der Waals surface area contributed by atoms with E-state index in [0.717, 1.165) is 6.42 Å². The van der Waals surface area contributed by atoms with Gasteiger partial charge in [0.15, 0.2) is 11.9 Å². The molecule has 0 aromatic rings. The molecule has 2 rings (SSSR count). The standard InChI is InChI=1S/C10H14O4/c1-2-13-10(12)8-5-6-3-4-7(11)9(6)14-8/h6,8-9H,2-5H2,1H3. The van der Waals surface area contributed by atoms with Crippen molar-refractivity contribution in [2.24, 2.45) is 5.92 Å². The minimum Gasteiger partial charge on any atom is -0.464 e. The third-order valence-electron chi connectivity index (χ3n) is 2.88. The van der Waals surface area contributed by atoms with Gasteiger partial charge in [-0.1, -0.05) is 0 Å². The van der Waals surface area contributed by atoms with Crippen LogP contribution in [0.25, 0.3) is 0 Å². The average Bonchev–Trinajstić information content (AvgIpc) is 2.69. The van der Waals surface area contributed by atoms with Crippen LogP contribution in [0.3, 0.4) is 0 Å². The summed E-state index contributed by atoms with van der Waals surface area (Å²) in [6.07, 6.45) is 1.28. The van der Waals surface area contributed by atoms with Gasteiger partial charge >= 0.3 is 5.97 Å². The molecule has 2 fully saturated rings. The number of carbonyl (C=O) groups excluding carboxylic acids is 2. The number of fused-ring (bicyclic) bond motifs is 1. The zero-order chi connectivity index (χ0) is 10.1. The Kier molecular flexibility index (Phi) is 2.54. The first-order valence-corrected chi connectivity index (χ1v) is 5.07. The fourth-order valence-corrected chi connectivity index (χ4v) is 2.21. The second-order valence-corrected chi connectivity index (χ2v) is 3.80. The number of ether oxygens (including phenoxy) is 2. The Bertz CT molecular complexity index is 261. The van der Waals surface area contributed by atoms with Crippen LogP contribution in [0.1, 0.15) is 26.2 Å². The molecule has 14 heavy (non-hydrogen) atoms. The number of rotatable bonds is 2. The van der Waals surface area contributed by atoms with Crippen LogP contribution >= 0.6 is 0 Å².